The smallest absolute Gasteiger partial charge is 0.335 e. The minimum atomic E-state index is -0.967. The first-order valence-electron chi connectivity index (χ1n) is 7.92. The van der Waals surface area contributed by atoms with Crippen LogP contribution in [0.5, 0.6) is 0 Å². The van der Waals surface area contributed by atoms with Gasteiger partial charge in [0.2, 0.25) is 5.91 Å². The Morgan fingerprint density at radius 3 is 2.54 bits per heavy atom. The number of aliphatic hydroxyl groups is 1. The van der Waals surface area contributed by atoms with Crippen molar-refractivity contribution in [3.8, 4) is 11.1 Å². The van der Waals surface area contributed by atoms with Gasteiger partial charge in [-0.1, -0.05) is 36.4 Å². The molecule has 124 valence electrons. The van der Waals surface area contributed by atoms with Gasteiger partial charge in [-0.3, -0.25) is 4.79 Å². The fraction of sp³-hybridized carbons (Fsp3) is 0.263. The Balaban J connectivity index is 1.77. The average Bonchev–Trinajstić information content (AvgIpc) is 2.57. The molecule has 1 aliphatic carbocycles. The van der Waals surface area contributed by atoms with Gasteiger partial charge in [0.15, 0.2) is 0 Å². The van der Waals surface area contributed by atoms with Crippen LogP contribution in [-0.4, -0.2) is 28.2 Å². The van der Waals surface area contributed by atoms with Crippen LogP contribution in [0, 0.1) is 5.92 Å². The molecule has 0 spiro atoms. The van der Waals surface area contributed by atoms with E-state index in [1.54, 1.807) is 18.2 Å². The van der Waals surface area contributed by atoms with E-state index in [4.69, 9.17) is 5.11 Å². The zero-order valence-corrected chi connectivity index (χ0v) is 13.1. The van der Waals surface area contributed by atoms with Gasteiger partial charge in [-0.25, -0.2) is 4.79 Å². The van der Waals surface area contributed by atoms with E-state index in [0.29, 0.717) is 19.4 Å². The summed E-state index contributed by atoms with van der Waals surface area (Å²) in [5.74, 6) is -1.12. The van der Waals surface area contributed by atoms with Crippen LogP contribution in [0.2, 0.25) is 0 Å². The maximum absolute atomic E-state index is 12.0. The molecule has 3 rings (SSSR count). The van der Waals surface area contributed by atoms with E-state index in [-0.39, 0.29) is 23.5 Å². The number of rotatable bonds is 5. The Morgan fingerprint density at radius 2 is 1.83 bits per heavy atom. The first-order chi connectivity index (χ1) is 11.5. The Hall–Kier alpha value is -2.66. The van der Waals surface area contributed by atoms with Crippen molar-refractivity contribution in [3.63, 3.8) is 0 Å². The highest BCUT2D eigenvalue weighted by Crippen LogP contribution is 2.28. The molecule has 24 heavy (non-hydrogen) atoms. The molecule has 5 nitrogen and oxygen atoms in total. The summed E-state index contributed by atoms with van der Waals surface area (Å²) in [4.78, 5) is 23.2. The quantitative estimate of drug-likeness (QED) is 0.788. The molecule has 3 N–H and O–H groups in total. The van der Waals surface area contributed by atoms with Crippen molar-refractivity contribution in [2.75, 3.05) is 0 Å². The van der Waals surface area contributed by atoms with E-state index in [1.807, 2.05) is 30.3 Å². The normalized spacial score (nSPS) is 19.4. The van der Waals surface area contributed by atoms with Gasteiger partial charge >= 0.3 is 5.97 Å². The van der Waals surface area contributed by atoms with Crippen LogP contribution in [0.15, 0.2) is 48.5 Å². The Kier molecular flexibility index (Phi) is 4.62. The van der Waals surface area contributed by atoms with Crippen LogP contribution in [0.3, 0.4) is 0 Å². The molecule has 1 saturated carbocycles. The van der Waals surface area contributed by atoms with Crippen molar-refractivity contribution in [3.05, 3.63) is 59.7 Å². The van der Waals surface area contributed by atoms with Crippen molar-refractivity contribution in [1.82, 2.24) is 5.32 Å². The summed E-state index contributed by atoms with van der Waals surface area (Å²) in [6.07, 6.45) is 0.689. The standard InChI is InChI=1S/C19H19NO4/c21-16-9-15(10-16)18(22)20-11-14-4-1-2-7-17(14)12-5-3-6-13(8-12)19(23)24/h1-8,15-16,21H,9-11H2,(H,20,22)(H,23,24). The van der Waals surface area contributed by atoms with Gasteiger partial charge in [-0.2, -0.15) is 0 Å². The van der Waals surface area contributed by atoms with Crippen LogP contribution in [0.4, 0.5) is 0 Å². The molecule has 0 atom stereocenters. The molecule has 0 aromatic heterocycles. The minimum Gasteiger partial charge on any atom is -0.478 e. The predicted molar refractivity (Wildman–Crippen MR) is 89.4 cm³/mol. The van der Waals surface area contributed by atoms with Crippen molar-refractivity contribution in [2.24, 2.45) is 5.92 Å². The maximum atomic E-state index is 12.0. The Bertz CT molecular complexity index is 765. The second kappa shape index (κ2) is 6.84. The number of carboxylic acids is 1. The molecule has 1 fully saturated rings. The number of hydrogen-bond donors (Lipinski definition) is 3. The lowest BCUT2D eigenvalue weighted by Crippen LogP contribution is -2.40. The molecule has 2 aromatic rings. The lowest BCUT2D eigenvalue weighted by molar-refractivity contribution is -0.131. The van der Waals surface area contributed by atoms with Crippen molar-refractivity contribution >= 4 is 11.9 Å². The van der Waals surface area contributed by atoms with Crippen LogP contribution < -0.4 is 5.32 Å². The monoisotopic (exact) mass is 325 g/mol. The van der Waals surface area contributed by atoms with Crippen LogP contribution in [-0.2, 0) is 11.3 Å². The van der Waals surface area contributed by atoms with Crippen molar-refractivity contribution < 1.29 is 19.8 Å². The number of amides is 1. The van der Waals surface area contributed by atoms with E-state index in [2.05, 4.69) is 5.32 Å². The second-order valence-corrected chi connectivity index (χ2v) is 6.08. The molecule has 0 saturated heterocycles. The second-order valence-electron chi connectivity index (χ2n) is 6.08. The molecule has 0 bridgehead atoms. The van der Waals surface area contributed by atoms with Crippen LogP contribution in [0.25, 0.3) is 11.1 Å². The number of carboxylic acid groups (broad SMARTS) is 1. The Morgan fingerprint density at radius 1 is 1.08 bits per heavy atom. The number of aromatic carboxylic acids is 1. The number of aliphatic hydroxyl groups excluding tert-OH is 1. The molecule has 0 unspecified atom stereocenters. The largest absolute Gasteiger partial charge is 0.478 e. The summed E-state index contributed by atoms with van der Waals surface area (Å²) in [5.41, 5.74) is 2.86. The summed E-state index contributed by atoms with van der Waals surface area (Å²) in [6.45, 7) is 0.374. The molecule has 1 amide bonds. The van der Waals surface area contributed by atoms with E-state index < -0.39 is 5.97 Å². The number of carbonyl (C=O) groups excluding carboxylic acids is 1. The molecule has 0 heterocycles. The van der Waals surface area contributed by atoms with Gasteiger partial charge in [-0.05, 0) is 41.7 Å². The molecular formula is C19H19NO4. The third-order valence-corrected chi connectivity index (χ3v) is 4.37. The van der Waals surface area contributed by atoms with E-state index in [0.717, 1.165) is 16.7 Å². The first-order valence-corrected chi connectivity index (χ1v) is 7.92. The third kappa shape index (κ3) is 3.46. The summed E-state index contributed by atoms with van der Waals surface area (Å²) in [6, 6.07) is 14.4. The predicted octanol–water partition coefficient (Wildman–Crippen LogP) is 2.44. The Labute approximate surface area is 139 Å². The topological polar surface area (TPSA) is 86.6 Å². The van der Waals surface area contributed by atoms with Gasteiger partial charge in [0.1, 0.15) is 0 Å². The van der Waals surface area contributed by atoms with Crippen LogP contribution in [0.1, 0.15) is 28.8 Å². The van der Waals surface area contributed by atoms with E-state index in [1.165, 1.54) is 0 Å². The van der Waals surface area contributed by atoms with Gasteiger partial charge in [-0.15, -0.1) is 0 Å². The fourth-order valence-corrected chi connectivity index (χ4v) is 2.90. The van der Waals surface area contributed by atoms with Gasteiger partial charge < -0.3 is 15.5 Å². The summed E-state index contributed by atoms with van der Waals surface area (Å²) in [7, 11) is 0. The summed E-state index contributed by atoms with van der Waals surface area (Å²) >= 11 is 0. The van der Waals surface area contributed by atoms with Crippen molar-refractivity contribution in [1.29, 1.82) is 0 Å². The number of nitrogens with one attached hydrogen (secondary N) is 1. The molecule has 5 heteroatoms. The highest BCUT2D eigenvalue weighted by molar-refractivity contribution is 5.89. The number of hydrogen-bond acceptors (Lipinski definition) is 3. The molecular weight excluding hydrogens is 306 g/mol. The number of carbonyl (C=O) groups is 2. The number of benzene rings is 2. The van der Waals surface area contributed by atoms with Gasteiger partial charge in [0, 0.05) is 12.5 Å². The van der Waals surface area contributed by atoms with Crippen molar-refractivity contribution in [2.45, 2.75) is 25.5 Å². The highest BCUT2D eigenvalue weighted by atomic mass is 16.4. The summed E-state index contributed by atoms with van der Waals surface area (Å²) < 4.78 is 0. The SMILES string of the molecule is O=C(O)c1cccc(-c2ccccc2CNC(=O)C2CC(O)C2)c1. The molecule has 2 aromatic carbocycles. The highest BCUT2D eigenvalue weighted by Gasteiger charge is 2.32. The average molecular weight is 325 g/mol. The zero-order valence-electron chi connectivity index (χ0n) is 13.1. The molecule has 0 aliphatic heterocycles. The zero-order chi connectivity index (χ0) is 17.1. The van der Waals surface area contributed by atoms with E-state index in [9.17, 15) is 14.7 Å². The molecule has 1 aliphatic rings. The van der Waals surface area contributed by atoms with Gasteiger partial charge in [0.05, 0.1) is 11.7 Å². The van der Waals surface area contributed by atoms with E-state index >= 15 is 0 Å². The minimum absolute atomic E-state index is 0.0469. The fourth-order valence-electron chi connectivity index (χ4n) is 2.90. The molecule has 0 radical (unpaired) electrons. The lowest BCUT2D eigenvalue weighted by Gasteiger charge is -2.30. The van der Waals surface area contributed by atoms with Gasteiger partial charge in [0.25, 0.3) is 0 Å². The summed E-state index contributed by atoms with van der Waals surface area (Å²) in [5, 5.41) is 21.3. The maximum Gasteiger partial charge on any atom is 0.335 e. The van der Waals surface area contributed by atoms with Crippen LogP contribution >= 0.6 is 0 Å². The lowest BCUT2D eigenvalue weighted by atomic mass is 9.82. The first kappa shape index (κ1) is 16.2. The third-order valence-electron chi connectivity index (χ3n) is 4.37.